The normalized spacial score (nSPS) is 19.2. The SMILES string of the molecule is Cc1cc(C(C)O)cn1-c1ccc(C2=NNC(=O)CC2C)cc1. The van der Waals surface area contributed by atoms with Crippen LogP contribution >= 0.6 is 0 Å². The van der Waals surface area contributed by atoms with Crippen LogP contribution in [0.5, 0.6) is 0 Å². The average molecular weight is 311 g/mol. The van der Waals surface area contributed by atoms with E-state index in [2.05, 4.69) is 15.1 Å². The van der Waals surface area contributed by atoms with Crippen molar-refractivity contribution in [3.05, 3.63) is 53.3 Å². The van der Waals surface area contributed by atoms with Gasteiger partial charge in [0.1, 0.15) is 0 Å². The zero-order valence-corrected chi connectivity index (χ0v) is 13.6. The summed E-state index contributed by atoms with van der Waals surface area (Å²) in [4.78, 5) is 11.3. The molecule has 2 N–H and O–H groups in total. The summed E-state index contributed by atoms with van der Waals surface area (Å²) in [5.74, 6) is 0.0799. The first-order valence-corrected chi connectivity index (χ1v) is 7.80. The molecule has 2 unspecified atom stereocenters. The Kier molecular flexibility index (Phi) is 4.05. The molecule has 5 heteroatoms. The summed E-state index contributed by atoms with van der Waals surface area (Å²) in [5.41, 5.74) is 7.48. The van der Waals surface area contributed by atoms with E-state index in [9.17, 15) is 9.90 Å². The number of aromatic nitrogens is 1. The van der Waals surface area contributed by atoms with Crippen molar-refractivity contribution in [2.45, 2.75) is 33.3 Å². The summed E-state index contributed by atoms with van der Waals surface area (Å²) < 4.78 is 2.06. The molecule has 0 saturated carbocycles. The Balaban J connectivity index is 1.89. The number of hydrogen-bond acceptors (Lipinski definition) is 3. The smallest absolute Gasteiger partial charge is 0.240 e. The molecule has 0 aliphatic carbocycles. The quantitative estimate of drug-likeness (QED) is 0.915. The number of nitrogens with zero attached hydrogens (tertiary/aromatic N) is 2. The number of nitrogens with one attached hydrogen (secondary N) is 1. The molecule has 0 spiro atoms. The first-order valence-electron chi connectivity index (χ1n) is 7.80. The Morgan fingerprint density at radius 3 is 2.61 bits per heavy atom. The average Bonchev–Trinajstić information content (AvgIpc) is 2.90. The molecule has 0 bridgehead atoms. The number of aliphatic hydroxyl groups excluding tert-OH is 1. The number of carbonyl (C=O) groups excluding carboxylic acids is 1. The Morgan fingerprint density at radius 2 is 2.04 bits per heavy atom. The molecular weight excluding hydrogens is 290 g/mol. The highest BCUT2D eigenvalue weighted by Gasteiger charge is 2.21. The van der Waals surface area contributed by atoms with Gasteiger partial charge in [-0.2, -0.15) is 5.10 Å². The van der Waals surface area contributed by atoms with E-state index in [1.54, 1.807) is 6.92 Å². The van der Waals surface area contributed by atoms with Gasteiger partial charge in [-0.3, -0.25) is 4.79 Å². The second-order valence-corrected chi connectivity index (χ2v) is 6.14. The Hall–Kier alpha value is -2.40. The van der Waals surface area contributed by atoms with Crippen molar-refractivity contribution in [2.24, 2.45) is 11.0 Å². The van der Waals surface area contributed by atoms with Gasteiger partial charge in [0.25, 0.3) is 0 Å². The summed E-state index contributed by atoms with van der Waals surface area (Å²) in [6, 6.07) is 10.1. The molecule has 1 aromatic carbocycles. The summed E-state index contributed by atoms with van der Waals surface area (Å²) in [7, 11) is 0. The van der Waals surface area contributed by atoms with Crippen LogP contribution < -0.4 is 5.43 Å². The van der Waals surface area contributed by atoms with E-state index >= 15 is 0 Å². The largest absolute Gasteiger partial charge is 0.389 e. The van der Waals surface area contributed by atoms with Crippen molar-refractivity contribution in [1.29, 1.82) is 0 Å². The lowest BCUT2D eigenvalue weighted by Gasteiger charge is -2.19. The van der Waals surface area contributed by atoms with Crippen LogP contribution in [-0.2, 0) is 4.79 Å². The predicted molar refractivity (Wildman–Crippen MR) is 89.6 cm³/mol. The molecule has 2 aromatic rings. The van der Waals surface area contributed by atoms with Gasteiger partial charge in [-0.25, -0.2) is 5.43 Å². The maximum absolute atomic E-state index is 11.3. The van der Waals surface area contributed by atoms with Gasteiger partial charge in [0.2, 0.25) is 5.91 Å². The van der Waals surface area contributed by atoms with E-state index < -0.39 is 6.10 Å². The van der Waals surface area contributed by atoms with Gasteiger partial charge in [0.15, 0.2) is 0 Å². The fourth-order valence-electron chi connectivity index (χ4n) is 2.90. The van der Waals surface area contributed by atoms with Gasteiger partial charge in [-0.1, -0.05) is 19.1 Å². The van der Waals surface area contributed by atoms with E-state index in [1.807, 2.05) is 50.4 Å². The third-order valence-corrected chi connectivity index (χ3v) is 4.22. The van der Waals surface area contributed by atoms with Crippen LogP contribution in [0.25, 0.3) is 5.69 Å². The summed E-state index contributed by atoms with van der Waals surface area (Å²) in [6.07, 6.45) is 1.95. The summed E-state index contributed by atoms with van der Waals surface area (Å²) >= 11 is 0. The first kappa shape index (κ1) is 15.5. The van der Waals surface area contributed by atoms with Gasteiger partial charge in [-0.05, 0) is 43.2 Å². The van der Waals surface area contributed by atoms with Crippen LogP contribution in [0.4, 0.5) is 0 Å². The molecule has 5 nitrogen and oxygen atoms in total. The van der Waals surface area contributed by atoms with Crippen molar-refractivity contribution < 1.29 is 9.90 Å². The van der Waals surface area contributed by atoms with Crippen LogP contribution in [0.15, 0.2) is 41.6 Å². The number of rotatable bonds is 3. The molecule has 0 saturated heterocycles. The van der Waals surface area contributed by atoms with E-state index in [4.69, 9.17) is 0 Å². The Labute approximate surface area is 135 Å². The molecule has 1 aliphatic heterocycles. The van der Waals surface area contributed by atoms with Crippen LogP contribution in [0.2, 0.25) is 0 Å². The lowest BCUT2D eigenvalue weighted by Crippen LogP contribution is -2.31. The Morgan fingerprint density at radius 1 is 1.35 bits per heavy atom. The highest BCUT2D eigenvalue weighted by Crippen LogP contribution is 2.22. The zero-order chi connectivity index (χ0) is 16.6. The lowest BCUT2D eigenvalue weighted by atomic mass is 9.94. The van der Waals surface area contributed by atoms with Gasteiger partial charge in [0, 0.05) is 29.9 Å². The number of carbonyl (C=O) groups is 1. The second kappa shape index (κ2) is 6.01. The third-order valence-electron chi connectivity index (χ3n) is 4.22. The number of aryl methyl sites for hydroxylation is 1. The molecule has 0 radical (unpaired) electrons. The molecule has 2 atom stereocenters. The fraction of sp³-hybridized carbons (Fsp3) is 0.333. The standard InChI is InChI=1S/C18H21N3O2/c1-11-8-17(23)19-20-18(11)14-4-6-16(7-5-14)21-10-15(13(3)22)9-12(21)2/h4-7,9-11,13,22H,8H2,1-3H3,(H,19,23). The maximum atomic E-state index is 11.3. The molecule has 1 aromatic heterocycles. The number of amides is 1. The number of hydrazone groups is 1. The van der Waals surface area contributed by atoms with Crippen LogP contribution in [-0.4, -0.2) is 21.3 Å². The van der Waals surface area contributed by atoms with Crippen molar-refractivity contribution in [2.75, 3.05) is 0 Å². The number of benzene rings is 1. The van der Waals surface area contributed by atoms with Crippen molar-refractivity contribution in [3.8, 4) is 5.69 Å². The van der Waals surface area contributed by atoms with Gasteiger partial charge >= 0.3 is 0 Å². The maximum Gasteiger partial charge on any atom is 0.240 e. The minimum atomic E-state index is -0.477. The van der Waals surface area contributed by atoms with E-state index in [0.717, 1.165) is 28.2 Å². The molecule has 3 rings (SSSR count). The van der Waals surface area contributed by atoms with E-state index in [1.165, 1.54) is 0 Å². The summed E-state index contributed by atoms with van der Waals surface area (Å²) in [5, 5.41) is 13.9. The second-order valence-electron chi connectivity index (χ2n) is 6.14. The minimum absolute atomic E-state index is 0.0357. The number of hydrogen-bond donors (Lipinski definition) is 2. The van der Waals surface area contributed by atoms with Crippen LogP contribution in [0.1, 0.15) is 43.2 Å². The third kappa shape index (κ3) is 3.05. The first-order chi connectivity index (χ1) is 11.0. The number of aliphatic hydroxyl groups is 1. The minimum Gasteiger partial charge on any atom is -0.389 e. The monoisotopic (exact) mass is 311 g/mol. The highest BCUT2D eigenvalue weighted by atomic mass is 16.3. The van der Waals surface area contributed by atoms with Gasteiger partial charge in [-0.15, -0.1) is 0 Å². The van der Waals surface area contributed by atoms with Crippen LogP contribution in [0.3, 0.4) is 0 Å². The molecule has 1 amide bonds. The van der Waals surface area contributed by atoms with Crippen molar-refractivity contribution in [3.63, 3.8) is 0 Å². The molecule has 1 aliphatic rings. The zero-order valence-electron chi connectivity index (χ0n) is 13.6. The molecule has 2 heterocycles. The van der Waals surface area contributed by atoms with E-state index in [0.29, 0.717) is 6.42 Å². The molecule has 0 fully saturated rings. The van der Waals surface area contributed by atoms with Gasteiger partial charge < -0.3 is 9.67 Å². The van der Waals surface area contributed by atoms with Crippen LogP contribution in [0, 0.1) is 12.8 Å². The van der Waals surface area contributed by atoms with E-state index in [-0.39, 0.29) is 11.8 Å². The van der Waals surface area contributed by atoms with Gasteiger partial charge in [0.05, 0.1) is 11.8 Å². The molecule has 23 heavy (non-hydrogen) atoms. The fourth-order valence-corrected chi connectivity index (χ4v) is 2.90. The topological polar surface area (TPSA) is 66.6 Å². The highest BCUT2D eigenvalue weighted by molar-refractivity contribution is 6.05. The van der Waals surface area contributed by atoms with Crippen molar-refractivity contribution in [1.82, 2.24) is 9.99 Å². The lowest BCUT2D eigenvalue weighted by molar-refractivity contribution is -0.121. The molecule has 120 valence electrons. The van der Waals surface area contributed by atoms with Crippen molar-refractivity contribution >= 4 is 11.6 Å². The Bertz CT molecular complexity index is 757. The predicted octanol–water partition coefficient (Wildman–Crippen LogP) is 2.70. The molecular formula is C18H21N3O2. The summed E-state index contributed by atoms with van der Waals surface area (Å²) in [6.45, 7) is 5.79.